The van der Waals surface area contributed by atoms with Gasteiger partial charge in [0.2, 0.25) is 11.9 Å². The van der Waals surface area contributed by atoms with Gasteiger partial charge in [-0.3, -0.25) is 9.69 Å². The standard InChI is InChI=1S/C17H27N5O/c18-17-20-9-14(10-21-17)12-22-7-6-13(11-22)8-19-16(23)15-4-2-1-3-5-15/h9-10,13,15H,1-8,11-12H2,(H,19,23)(H2,18,20,21)/t13-/m0/s1. The second kappa shape index (κ2) is 7.73. The Morgan fingerprint density at radius 1 is 1.22 bits per heavy atom. The van der Waals surface area contributed by atoms with Gasteiger partial charge < -0.3 is 11.1 Å². The summed E-state index contributed by atoms with van der Waals surface area (Å²) in [6, 6.07) is 0. The minimum absolute atomic E-state index is 0.258. The Balaban J connectivity index is 1.39. The number of nitrogen functional groups attached to an aromatic ring is 1. The summed E-state index contributed by atoms with van der Waals surface area (Å²) in [7, 11) is 0. The Morgan fingerprint density at radius 3 is 2.70 bits per heavy atom. The summed E-state index contributed by atoms with van der Waals surface area (Å²) in [4.78, 5) is 22.7. The highest BCUT2D eigenvalue weighted by Crippen LogP contribution is 2.24. The molecule has 1 aromatic heterocycles. The Bertz CT molecular complexity index is 512. The van der Waals surface area contributed by atoms with E-state index in [0.29, 0.717) is 11.9 Å². The molecule has 2 heterocycles. The van der Waals surface area contributed by atoms with Crippen LogP contribution in [0.4, 0.5) is 5.95 Å². The maximum Gasteiger partial charge on any atom is 0.223 e. The van der Waals surface area contributed by atoms with Crippen LogP contribution in [0.2, 0.25) is 0 Å². The van der Waals surface area contributed by atoms with E-state index >= 15 is 0 Å². The van der Waals surface area contributed by atoms with Crippen LogP contribution in [0.15, 0.2) is 12.4 Å². The molecule has 1 aromatic rings. The van der Waals surface area contributed by atoms with E-state index in [-0.39, 0.29) is 11.8 Å². The van der Waals surface area contributed by atoms with Gasteiger partial charge in [-0.1, -0.05) is 19.3 Å². The highest BCUT2D eigenvalue weighted by Gasteiger charge is 2.25. The quantitative estimate of drug-likeness (QED) is 0.861. The van der Waals surface area contributed by atoms with Crippen molar-refractivity contribution < 1.29 is 4.79 Å². The maximum atomic E-state index is 12.2. The lowest BCUT2D eigenvalue weighted by Gasteiger charge is -2.22. The molecular weight excluding hydrogens is 290 g/mol. The van der Waals surface area contributed by atoms with Crippen molar-refractivity contribution in [3.05, 3.63) is 18.0 Å². The molecule has 0 bridgehead atoms. The first kappa shape index (κ1) is 16.2. The molecule has 1 saturated heterocycles. The third-order valence-electron chi connectivity index (χ3n) is 5.04. The molecule has 3 rings (SSSR count). The van der Waals surface area contributed by atoms with Crippen molar-refractivity contribution in [3.63, 3.8) is 0 Å². The normalized spacial score (nSPS) is 23.0. The predicted octanol–water partition coefficient (Wildman–Crippen LogP) is 1.58. The summed E-state index contributed by atoms with van der Waals surface area (Å²) in [5.74, 6) is 1.40. The van der Waals surface area contributed by atoms with Crippen molar-refractivity contribution >= 4 is 11.9 Å². The fraction of sp³-hybridized carbons (Fsp3) is 0.706. The second-order valence-corrected chi connectivity index (χ2v) is 6.92. The van der Waals surface area contributed by atoms with E-state index in [1.54, 1.807) is 12.4 Å². The SMILES string of the molecule is Nc1ncc(CN2CC[C@@H](CNC(=O)C3CCCCC3)C2)cn1. The molecule has 0 spiro atoms. The van der Waals surface area contributed by atoms with E-state index in [0.717, 1.165) is 51.0 Å². The van der Waals surface area contributed by atoms with Crippen LogP contribution in [0.3, 0.4) is 0 Å². The van der Waals surface area contributed by atoms with Gasteiger partial charge in [-0.25, -0.2) is 9.97 Å². The summed E-state index contributed by atoms with van der Waals surface area (Å²) >= 11 is 0. The fourth-order valence-electron chi connectivity index (χ4n) is 3.68. The third kappa shape index (κ3) is 4.64. The lowest BCUT2D eigenvalue weighted by Crippen LogP contribution is -2.36. The molecule has 1 atom stereocenters. The monoisotopic (exact) mass is 317 g/mol. The minimum Gasteiger partial charge on any atom is -0.368 e. The second-order valence-electron chi connectivity index (χ2n) is 6.92. The van der Waals surface area contributed by atoms with E-state index in [9.17, 15) is 4.79 Å². The first-order valence-corrected chi connectivity index (χ1v) is 8.77. The average Bonchev–Trinajstić information content (AvgIpc) is 3.03. The summed E-state index contributed by atoms with van der Waals surface area (Å²) in [6.07, 6.45) is 10.6. The van der Waals surface area contributed by atoms with Crippen molar-refractivity contribution in [2.24, 2.45) is 11.8 Å². The van der Waals surface area contributed by atoms with Crippen molar-refractivity contribution in [3.8, 4) is 0 Å². The Kier molecular flexibility index (Phi) is 5.43. The van der Waals surface area contributed by atoms with Gasteiger partial charge in [0.25, 0.3) is 0 Å². The number of aromatic nitrogens is 2. The topological polar surface area (TPSA) is 84.1 Å². The first-order chi connectivity index (χ1) is 11.2. The number of hydrogen-bond donors (Lipinski definition) is 2. The number of likely N-dealkylation sites (tertiary alicyclic amines) is 1. The maximum absolute atomic E-state index is 12.2. The number of anilines is 1. The first-order valence-electron chi connectivity index (χ1n) is 8.77. The summed E-state index contributed by atoms with van der Waals surface area (Å²) in [5, 5.41) is 3.18. The predicted molar refractivity (Wildman–Crippen MR) is 89.4 cm³/mol. The van der Waals surface area contributed by atoms with E-state index < -0.39 is 0 Å². The number of rotatable bonds is 5. The number of nitrogens with two attached hydrogens (primary N) is 1. The molecule has 1 saturated carbocycles. The molecule has 126 valence electrons. The van der Waals surface area contributed by atoms with Crippen LogP contribution in [-0.4, -0.2) is 40.4 Å². The molecule has 1 aliphatic carbocycles. The van der Waals surface area contributed by atoms with Gasteiger partial charge in [-0.05, 0) is 31.7 Å². The number of nitrogens with one attached hydrogen (secondary N) is 1. The zero-order chi connectivity index (χ0) is 16.1. The molecule has 1 aliphatic heterocycles. The highest BCUT2D eigenvalue weighted by atomic mass is 16.1. The zero-order valence-corrected chi connectivity index (χ0v) is 13.7. The largest absolute Gasteiger partial charge is 0.368 e. The average molecular weight is 317 g/mol. The third-order valence-corrected chi connectivity index (χ3v) is 5.04. The molecule has 0 radical (unpaired) electrons. The van der Waals surface area contributed by atoms with Gasteiger partial charge in [-0.2, -0.15) is 0 Å². The molecule has 1 amide bonds. The minimum atomic E-state index is 0.258. The lowest BCUT2D eigenvalue weighted by molar-refractivity contribution is -0.126. The fourth-order valence-corrected chi connectivity index (χ4v) is 3.68. The number of carbonyl (C=O) groups excluding carboxylic acids is 1. The van der Waals surface area contributed by atoms with Crippen LogP contribution in [0.5, 0.6) is 0 Å². The van der Waals surface area contributed by atoms with E-state index in [4.69, 9.17) is 5.73 Å². The van der Waals surface area contributed by atoms with E-state index in [2.05, 4.69) is 20.2 Å². The number of hydrogen-bond acceptors (Lipinski definition) is 5. The van der Waals surface area contributed by atoms with Crippen LogP contribution in [0, 0.1) is 11.8 Å². The molecule has 3 N–H and O–H groups in total. The van der Waals surface area contributed by atoms with Crippen molar-refractivity contribution in [1.29, 1.82) is 0 Å². The molecule has 6 nitrogen and oxygen atoms in total. The summed E-state index contributed by atoms with van der Waals surface area (Å²) < 4.78 is 0. The zero-order valence-electron chi connectivity index (χ0n) is 13.7. The van der Waals surface area contributed by atoms with Crippen LogP contribution >= 0.6 is 0 Å². The van der Waals surface area contributed by atoms with Gasteiger partial charge >= 0.3 is 0 Å². The molecule has 23 heavy (non-hydrogen) atoms. The van der Waals surface area contributed by atoms with Crippen LogP contribution in [0.1, 0.15) is 44.1 Å². The van der Waals surface area contributed by atoms with Gasteiger partial charge in [-0.15, -0.1) is 0 Å². The Morgan fingerprint density at radius 2 is 1.96 bits per heavy atom. The number of nitrogens with zero attached hydrogens (tertiary/aromatic N) is 3. The van der Waals surface area contributed by atoms with Crippen LogP contribution in [0.25, 0.3) is 0 Å². The number of amides is 1. The van der Waals surface area contributed by atoms with Crippen LogP contribution < -0.4 is 11.1 Å². The Labute approximate surface area is 137 Å². The molecule has 6 heteroatoms. The molecular formula is C17H27N5O. The molecule has 0 aromatic carbocycles. The van der Waals surface area contributed by atoms with Gasteiger partial charge in [0.1, 0.15) is 0 Å². The summed E-state index contributed by atoms with van der Waals surface area (Å²) in [5.41, 5.74) is 6.60. The number of carbonyl (C=O) groups is 1. The van der Waals surface area contributed by atoms with Gasteiger partial charge in [0.05, 0.1) is 0 Å². The van der Waals surface area contributed by atoms with Crippen LogP contribution in [-0.2, 0) is 11.3 Å². The lowest BCUT2D eigenvalue weighted by atomic mass is 9.88. The van der Waals surface area contributed by atoms with Gasteiger partial charge in [0.15, 0.2) is 0 Å². The van der Waals surface area contributed by atoms with Crippen molar-refractivity contribution in [2.45, 2.75) is 45.1 Å². The molecule has 2 fully saturated rings. The summed E-state index contributed by atoms with van der Waals surface area (Å²) in [6.45, 7) is 3.75. The van der Waals surface area contributed by atoms with Gasteiger partial charge in [0, 0.05) is 43.5 Å². The van der Waals surface area contributed by atoms with E-state index in [1.165, 1.54) is 19.3 Å². The van der Waals surface area contributed by atoms with Crippen molar-refractivity contribution in [2.75, 3.05) is 25.4 Å². The van der Waals surface area contributed by atoms with E-state index in [1.807, 2.05) is 0 Å². The highest BCUT2D eigenvalue weighted by molar-refractivity contribution is 5.78. The van der Waals surface area contributed by atoms with Crippen molar-refractivity contribution in [1.82, 2.24) is 20.2 Å². The molecule has 0 unspecified atom stereocenters. The smallest absolute Gasteiger partial charge is 0.223 e. The Hall–Kier alpha value is -1.69. The molecule has 2 aliphatic rings.